The third-order valence-corrected chi connectivity index (χ3v) is 3.18. The molecule has 0 bridgehead atoms. The Morgan fingerprint density at radius 3 is 2.67 bits per heavy atom. The molecule has 1 aliphatic heterocycles. The Bertz CT molecular complexity index is 574. The van der Waals surface area contributed by atoms with Gasteiger partial charge >= 0.3 is 12.1 Å². The highest BCUT2D eigenvalue weighted by molar-refractivity contribution is 6.31. The molecule has 2 rings (SSSR count). The Morgan fingerprint density at radius 1 is 1.38 bits per heavy atom. The lowest BCUT2D eigenvalue weighted by Gasteiger charge is -2.12. The van der Waals surface area contributed by atoms with Gasteiger partial charge in [0.25, 0.3) is 0 Å². The molecule has 1 aromatic carbocycles. The molecule has 1 aromatic rings. The largest absolute Gasteiger partial charge is 0.460 e. The molecule has 0 spiro atoms. The van der Waals surface area contributed by atoms with Gasteiger partial charge in [-0.15, -0.1) is 0 Å². The second-order valence-corrected chi connectivity index (χ2v) is 5.06. The van der Waals surface area contributed by atoms with Crippen molar-refractivity contribution in [1.82, 2.24) is 5.32 Å². The van der Waals surface area contributed by atoms with Crippen molar-refractivity contribution >= 4 is 23.5 Å². The Kier molecular flexibility index (Phi) is 4.41. The summed E-state index contributed by atoms with van der Waals surface area (Å²) in [7, 11) is 0. The van der Waals surface area contributed by atoms with E-state index >= 15 is 0 Å². The van der Waals surface area contributed by atoms with E-state index in [0.717, 1.165) is 12.1 Å². The van der Waals surface area contributed by atoms with Crippen LogP contribution in [0, 0.1) is 0 Å². The summed E-state index contributed by atoms with van der Waals surface area (Å²) < 4.78 is 42.8. The average Bonchev–Trinajstić information content (AvgIpc) is 2.80. The molecule has 1 aliphatic rings. The van der Waals surface area contributed by atoms with Crippen LogP contribution < -0.4 is 5.32 Å². The lowest BCUT2D eigenvalue weighted by Crippen LogP contribution is -2.30. The number of ether oxygens (including phenoxy) is 1. The molecule has 1 amide bonds. The number of nitrogens with one attached hydrogen (secondary N) is 1. The summed E-state index contributed by atoms with van der Waals surface area (Å²) in [5.74, 6) is -1.05. The highest BCUT2D eigenvalue weighted by Gasteiger charge is 2.32. The molecule has 1 N–H and O–H groups in total. The van der Waals surface area contributed by atoms with Crippen molar-refractivity contribution in [2.24, 2.45) is 0 Å². The summed E-state index contributed by atoms with van der Waals surface area (Å²) in [4.78, 5) is 22.7. The normalized spacial score (nSPS) is 18.5. The van der Waals surface area contributed by atoms with Crippen molar-refractivity contribution < 1.29 is 27.5 Å². The number of carbonyl (C=O) groups excluding carboxylic acids is 2. The fraction of sp³-hybridized carbons (Fsp3) is 0.385. The van der Waals surface area contributed by atoms with E-state index in [0.29, 0.717) is 18.9 Å². The second-order valence-electron chi connectivity index (χ2n) is 4.63. The van der Waals surface area contributed by atoms with E-state index in [9.17, 15) is 22.8 Å². The number of esters is 1. The van der Waals surface area contributed by atoms with Crippen molar-refractivity contribution in [2.45, 2.75) is 25.1 Å². The molecule has 0 radical (unpaired) electrons. The lowest BCUT2D eigenvalue weighted by atomic mass is 10.1. The van der Waals surface area contributed by atoms with Crippen LogP contribution >= 0.6 is 11.6 Å². The van der Waals surface area contributed by atoms with Crippen molar-refractivity contribution in [2.75, 3.05) is 6.61 Å². The Balaban J connectivity index is 2.05. The number of hydrogen-bond donors (Lipinski definition) is 1. The molecule has 21 heavy (non-hydrogen) atoms. The van der Waals surface area contributed by atoms with E-state index in [1.807, 2.05) is 0 Å². The first-order chi connectivity index (χ1) is 9.75. The molecule has 1 heterocycles. The predicted octanol–water partition coefficient (Wildman–Crippen LogP) is 2.79. The van der Waals surface area contributed by atoms with Gasteiger partial charge in [0.15, 0.2) is 0 Å². The average molecular weight is 322 g/mol. The number of rotatable bonds is 3. The smallest absolute Gasteiger partial charge is 0.416 e. The summed E-state index contributed by atoms with van der Waals surface area (Å²) in [5, 5.41) is 2.38. The maximum Gasteiger partial charge on any atom is 0.416 e. The van der Waals surface area contributed by atoms with Gasteiger partial charge in [0.05, 0.1) is 17.2 Å². The SMILES string of the molecule is O=C1CC[C@H](COC(=O)c2cc(Cl)cc(C(F)(F)F)c2)N1. The standard InChI is InChI=1S/C13H11ClF3NO3/c14-9-4-7(3-8(5-9)13(15,16)17)12(20)21-6-10-1-2-11(19)18-10/h3-5,10H,1-2,6H2,(H,18,19)/t10-/m1/s1. The van der Waals surface area contributed by atoms with Gasteiger partial charge in [-0.1, -0.05) is 11.6 Å². The topological polar surface area (TPSA) is 55.4 Å². The third kappa shape index (κ3) is 4.10. The fourth-order valence-electron chi connectivity index (χ4n) is 1.93. The van der Waals surface area contributed by atoms with E-state index in [1.54, 1.807) is 0 Å². The van der Waals surface area contributed by atoms with E-state index in [2.05, 4.69) is 5.32 Å². The minimum Gasteiger partial charge on any atom is -0.460 e. The molecule has 8 heteroatoms. The van der Waals surface area contributed by atoms with E-state index < -0.39 is 17.7 Å². The van der Waals surface area contributed by atoms with Crippen molar-refractivity contribution in [1.29, 1.82) is 0 Å². The summed E-state index contributed by atoms with van der Waals surface area (Å²) in [6, 6.07) is 2.21. The number of hydrogen-bond acceptors (Lipinski definition) is 3. The van der Waals surface area contributed by atoms with Crippen LogP contribution in [0.2, 0.25) is 5.02 Å². The molecular weight excluding hydrogens is 311 g/mol. The van der Waals surface area contributed by atoms with E-state index in [4.69, 9.17) is 16.3 Å². The van der Waals surface area contributed by atoms with Crippen LogP contribution in [0.1, 0.15) is 28.8 Å². The fourth-order valence-corrected chi connectivity index (χ4v) is 2.17. The summed E-state index contributed by atoms with van der Waals surface area (Å²) in [6.45, 7) is -0.0849. The van der Waals surface area contributed by atoms with Gasteiger partial charge in [-0.2, -0.15) is 13.2 Å². The summed E-state index contributed by atoms with van der Waals surface area (Å²) in [6.07, 6.45) is -3.73. The second kappa shape index (κ2) is 5.93. The lowest BCUT2D eigenvalue weighted by molar-refractivity contribution is -0.137. The maximum atomic E-state index is 12.6. The number of alkyl halides is 3. The Labute approximate surface area is 123 Å². The Morgan fingerprint density at radius 2 is 2.10 bits per heavy atom. The summed E-state index contributed by atoms with van der Waals surface area (Å²) in [5.41, 5.74) is -1.30. The van der Waals surface area contributed by atoms with Gasteiger partial charge in [-0.3, -0.25) is 4.79 Å². The summed E-state index contributed by atoms with van der Waals surface area (Å²) >= 11 is 5.58. The monoisotopic (exact) mass is 321 g/mol. The minimum atomic E-state index is -4.60. The molecule has 0 unspecified atom stereocenters. The van der Waals surface area contributed by atoms with Crippen LogP contribution in [0.3, 0.4) is 0 Å². The van der Waals surface area contributed by atoms with Crippen molar-refractivity contribution in [3.63, 3.8) is 0 Å². The minimum absolute atomic E-state index is 0.0849. The predicted molar refractivity (Wildman–Crippen MR) is 67.9 cm³/mol. The molecule has 114 valence electrons. The zero-order chi connectivity index (χ0) is 15.6. The molecule has 1 saturated heterocycles. The van der Waals surface area contributed by atoms with Gasteiger partial charge in [0.2, 0.25) is 5.91 Å². The molecule has 0 saturated carbocycles. The zero-order valence-corrected chi connectivity index (χ0v) is 11.4. The number of amides is 1. The van der Waals surface area contributed by atoms with E-state index in [1.165, 1.54) is 0 Å². The first kappa shape index (κ1) is 15.6. The van der Waals surface area contributed by atoms with Gasteiger partial charge in [0, 0.05) is 11.4 Å². The maximum absolute atomic E-state index is 12.6. The highest BCUT2D eigenvalue weighted by Crippen LogP contribution is 2.32. The number of carbonyl (C=O) groups is 2. The third-order valence-electron chi connectivity index (χ3n) is 2.96. The number of benzene rings is 1. The van der Waals surface area contributed by atoms with Gasteiger partial charge < -0.3 is 10.1 Å². The van der Waals surface area contributed by atoms with Crippen LogP contribution in [-0.4, -0.2) is 24.5 Å². The quantitative estimate of drug-likeness (QED) is 0.871. The Hall–Kier alpha value is -1.76. The van der Waals surface area contributed by atoms with Crippen LogP contribution in [0.15, 0.2) is 18.2 Å². The van der Waals surface area contributed by atoms with Gasteiger partial charge in [-0.25, -0.2) is 4.79 Å². The van der Waals surface area contributed by atoms with E-state index in [-0.39, 0.29) is 29.1 Å². The molecule has 0 aromatic heterocycles. The zero-order valence-electron chi connectivity index (χ0n) is 10.7. The van der Waals surface area contributed by atoms with Gasteiger partial charge in [0.1, 0.15) is 6.61 Å². The molecular formula is C13H11ClF3NO3. The highest BCUT2D eigenvalue weighted by atomic mass is 35.5. The van der Waals surface area contributed by atoms with Gasteiger partial charge in [-0.05, 0) is 24.6 Å². The first-order valence-electron chi connectivity index (χ1n) is 6.10. The van der Waals surface area contributed by atoms with Crippen LogP contribution in [0.4, 0.5) is 13.2 Å². The molecule has 1 atom stereocenters. The molecule has 0 aliphatic carbocycles. The van der Waals surface area contributed by atoms with Crippen molar-refractivity contribution in [3.05, 3.63) is 34.3 Å². The molecule has 4 nitrogen and oxygen atoms in total. The van der Waals surface area contributed by atoms with Crippen molar-refractivity contribution in [3.8, 4) is 0 Å². The molecule has 1 fully saturated rings. The van der Waals surface area contributed by atoms with Crippen LogP contribution in [0.25, 0.3) is 0 Å². The van der Waals surface area contributed by atoms with Crippen LogP contribution in [-0.2, 0) is 15.7 Å². The number of halogens is 4. The first-order valence-corrected chi connectivity index (χ1v) is 6.48. The van der Waals surface area contributed by atoms with Crippen LogP contribution in [0.5, 0.6) is 0 Å².